The standard InChI is InChI=1S/C25H30ClN3O5S/c1-15(18-10-16-4-2-5-17(16)11-18)25(31)28-23-9-8-22-24(27-23)29(13-20(14-30)34-22)35(32,33)21-7-3-6-19(26)12-21/h3,6-9,12,15-18,20,30H,2,4-5,10-11,13-14H2,1H3,(H,27,28,31)/t15-,16-,17+,18-,20+/m0/s1. The lowest BCUT2D eigenvalue weighted by Crippen LogP contribution is -2.45. The van der Waals surface area contributed by atoms with E-state index in [-0.39, 0.29) is 52.3 Å². The fraction of sp³-hybridized carbons (Fsp3) is 0.520. The number of aromatic nitrogens is 1. The SMILES string of the molecule is C[C@H](C(=O)Nc1ccc2c(n1)N(S(=O)(=O)c1cccc(Cl)c1)C[C@H](CO)O2)[C@@H]1C[C@H]2CCC[C@H]2C1. The van der Waals surface area contributed by atoms with E-state index >= 15 is 0 Å². The van der Waals surface area contributed by atoms with Crippen LogP contribution in [0.1, 0.15) is 39.0 Å². The van der Waals surface area contributed by atoms with E-state index in [1.54, 1.807) is 24.3 Å². The van der Waals surface area contributed by atoms with E-state index in [1.165, 1.54) is 31.4 Å². The van der Waals surface area contributed by atoms with Crippen molar-refractivity contribution in [2.24, 2.45) is 23.7 Å². The number of aliphatic hydroxyl groups excluding tert-OH is 1. The molecule has 0 unspecified atom stereocenters. The molecule has 0 spiro atoms. The van der Waals surface area contributed by atoms with Gasteiger partial charge in [0.2, 0.25) is 5.91 Å². The van der Waals surface area contributed by atoms with E-state index in [0.29, 0.717) is 5.92 Å². The number of hydrogen-bond acceptors (Lipinski definition) is 6. The van der Waals surface area contributed by atoms with Crippen molar-refractivity contribution in [3.05, 3.63) is 41.4 Å². The van der Waals surface area contributed by atoms with Crippen molar-refractivity contribution in [1.29, 1.82) is 0 Å². The van der Waals surface area contributed by atoms with E-state index in [0.717, 1.165) is 29.0 Å². The first-order valence-electron chi connectivity index (χ1n) is 12.1. The minimum absolute atomic E-state index is 0.00572. The molecule has 2 fully saturated rings. The van der Waals surface area contributed by atoms with E-state index in [1.807, 2.05) is 6.92 Å². The quantitative estimate of drug-likeness (QED) is 0.595. The van der Waals surface area contributed by atoms with Gasteiger partial charge < -0.3 is 15.2 Å². The molecule has 5 rings (SSSR count). The molecule has 1 aromatic heterocycles. The number of sulfonamides is 1. The van der Waals surface area contributed by atoms with Crippen molar-refractivity contribution in [2.45, 2.75) is 50.0 Å². The van der Waals surface area contributed by atoms with Crippen LogP contribution in [0.5, 0.6) is 5.75 Å². The van der Waals surface area contributed by atoms with Gasteiger partial charge >= 0.3 is 0 Å². The van der Waals surface area contributed by atoms with Gasteiger partial charge in [0.15, 0.2) is 11.6 Å². The Morgan fingerprint density at radius 1 is 1.26 bits per heavy atom. The first-order valence-corrected chi connectivity index (χ1v) is 14.0. The van der Waals surface area contributed by atoms with Gasteiger partial charge in [0.25, 0.3) is 10.0 Å². The van der Waals surface area contributed by atoms with Crippen LogP contribution < -0.4 is 14.4 Å². The van der Waals surface area contributed by atoms with Gasteiger partial charge in [-0.05, 0) is 60.9 Å². The Morgan fingerprint density at radius 2 is 2.00 bits per heavy atom. The highest BCUT2D eigenvalue weighted by molar-refractivity contribution is 7.92. The van der Waals surface area contributed by atoms with Gasteiger partial charge in [-0.25, -0.2) is 17.7 Å². The van der Waals surface area contributed by atoms with Gasteiger partial charge in [0.1, 0.15) is 11.9 Å². The highest BCUT2D eigenvalue weighted by Crippen LogP contribution is 2.49. The third-order valence-corrected chi connectivity index (χ3v) is 9.71. The minimum atomic E-state index is -4.04. The molecular weight excluding hydrogens is 490 g/mol. The number of nitrogens with one attached hydrogen (secondary N) is 1. The molecule has 5 atom stereocenters. The zero-order chi connectivity index (χ0) is 24.7. The van der Waals surface area contributed by atoms with Crippen molar-refractivity contribution >= 4 is 39.2 Å². The highest BCUT2D eigenvalue weighted by atomic mass is 35.5. The first-order chi connectivity index (χ1) is 16.8. The molecule has 0 radical (unpaired) electrons. The summed E-state index contributed by atoms with van der Waals surface area (Å²) in [6.45, 7) is 1.48. The Bertz CT molecular complexity index is 1210. The van der Waals surface area contributed by atoms with E-state index in [2.05, 4.69) is 10.3 Å². The Labute approximate surface area is 210 Å². The van der Waals surface area contributed by atoms with Crippen molar-refractivity contribution in [3.63, 3.8) is 0 Å². The van der Waals surface area contributed by atoms with Crippen molar-refractivity contribution < 1.29 is 23.1 Å². The maximum absolute atomic E-state index is 13.5. The van der Waals surface area contributed by atoms with E-state index in [4.69, 9.17) is 16.3 Å². The molecule has 1 aliphatic heterocycles. The summed E-state index contributed by atoms with van der Waals surface area (Å²) in [7, 11) is -4.04. The number of ether oxygens (including phenoxy) is 1. The third-order valence-electron chi connectivity index (χ3n) is 7.73. The number of carbonyl (C=O) groups is 1. The number of pyridine rings is 1. The smallest absolute Gasteiger partial charge is 0.265 e. The third kappa shape index (κ3) is 4.73. The number of amides is 1. The number of benzene rings is 1. The summed E-state index contributed by atoms with van der Waals surface area (Å²) in [5, 5.41) is 12.8. The van der Waals surface area contributed by atoms with Gasteiger partial charge in [-0.2, -0.15) is 0 Å². The van der Waals surface area contributed by atoms with Gasteiger partial charge in [-0.1, -0.05) is 43.9 Å². The van der Waals surface area contributed by atoms with E-state index < -0.39 is 16.1 Å². The average Bonchev–Trinajstić information content (AvgIpc) is 3.45. The second-order valence-electron chi connectivity index (χ2n) is 9.89. The largest absolute Gasteiger partial charge is 0.482 e. The van der Waals surface area contributed by atoms with Crippen LogP contribution in [0.3, 0.4) is 0 Å². The molecule has 2 saturated carbocycles. The van der Waals surface area contributed by atoms with Crippen molar-refractivity contribution in [2.75, 3.05) is 22.8 Å². The molecule has 2 aromatic rings. The lowest BCUT2D eigenvalue weighted by atomic mass is 9.89. The summed E-state index contributed by atoms with van der Waals surface area (Å²) in [5.41, 5.74) is 0. The van der Waals surface area contributed by atoms with Crippen molar-refractivity contribution in [1.82, 2.24) is 4.98 Å². The van der Waals surface area contributed by atoms with Crippen LogP contribution in [0.15, 0.2) is 41.3 Å². The molecule has 10 heteroatoms. The number of hydrogen-bond donors (Lipinski definition) is 2. The maximum Gasteiger partial charge on any atom is 0.265 e. The van der Waals surface area contributed by atoms with Gasteiger partial charge in [0.05, 0.1) is 18.0 Å². The zero-order valence-electron chi connectivity index (χ0n) is 19.6. The summed E-state index contributed by atoms with van der Waals surface area (Å²) < 4.78 is 33.8. The predicted octanol–water partition coefficient (Wildman–Crippen LogP) is 4.08. The van der Waals surface area contributed by atoms with Gasteiger partial charge in [0, 0.05) is 10.9 Å². The van der Waals surface area contributed by atoms with Crippen LogP contribution >= 0.6 is 11.6 Å². The van der Waals surface area contributed by atoms with Crippen LogP contribution in [0.4, 0.5) is 11.6 Å². The molecule has 1 amide bonds. The molecule has 0 bridgehead atoms. The lowest BCUT2D eigenvalue weighted by molar-refractivity contribution is -0.120. The monoisotopic (exact) mass is 519 g/mol. The summed E-state index contributed by atoms with van der Waals surface area (Å²) in [4.78, 5) is 17.5. The summed E-state index contributed by atoms with van der Waals surface area (Å²) >= 11 is 6.03. The molecule has 35 heavy (non-hydrogen) atoms. The normalized spacial score (nSPS) is 26.5. The maximum atomic E-state index is 13.5. The van der Waals surface area contributed by atoms with Gasteiger partial charge in [-0.15, -0.1) is 0 Å². The molecule has 3 aliphatic rings. The summed E-state index contributed by atoms with van der Waals surface area (Å²) in [6.07, 6.45) is 5.29. The average molecular weight is 520 g/mol. The molecule has 0 saturated heterocycles. The summed E-state index contributed by atoms with van der Waals surface area (Å²) in [5.74, 6) is 2.13. The zero-order valence-corrected chi connectivity index (χ0v) is 21.1. The number of halogens is 1. The van der Waals surface area contributed by atoms with Gasteiger partial charge in [-0.3, -0.25) is 4.79 Å². The second kappa shape index (κ2) is 9.59. The molecular formula is C25H30ClN3O5S. The van der Waals surface area contributed by atoms with Crippen LogP contribution in [-0.2, 0) is 14.8 Å². The van der Waals surface area contributed by atoms with Crippen LogP contribution in [0, 0.1) is 23.7 Å². The molecule has 188 valence electrons. The number of carbonyl (C=O) groups excluding carboxylic acids is 1. The number of nitrogens with zero attached hydrogens (tertiary/aromatic N) is 2. The molecule has 1 aromatic carbocycles. The highest BCUT2D eigenvalue weighted by Gasteiger charge is 2.41. The Balaban J connectivity index is 1.39. The van der Waals surface area contributed by atoms with Crippen LogP contribution in [0.2, 0.25) is 5.02 Å². The lowest BCUT2D eigenvalue weighted by Gasteiger charge is -2.34. The van der Waals surface area contributed by atoms with Crippen molar-refractivity contribution in [3.8, 4) is 5.75 Å². The van der Waals surface area contributed by atoms with Crippen LogP contribution in [0.25, 0.3) is 0 Å². The Kier molecular flexibility index (Phi) is 6.67. The predicted molar refractivity (Wildman–Crippen MR) is 133 cm³/mol. The number of aliphatic hydroxyl groups is 1. The number of fused-ring (bicyclic) bond motifs is 2. The van der Waals surface area contributed by atoms with Crippen LogP contribution in [-0.4, -0.2) is 43.7 Å². The number of anilines is 2. The molecule has 2 heterocycles. The Morgan fingerprint density at radius 3 is 2.69 bits per heavy atom. The molecule has 8 nitrogen and oxygen atoms in total. The summed E-state index contributed by atoms with van der Waals surface area (Å²) in [6, 6.07) is 9.14. The first kappa shape index (κ1) is 24.3. The number of rotatable bonds is 6. The molecule has 2 aliphatic carbocycles. The second-order valence-corrected chi connectivity index (χ2v) is 12.2. The Hall–Kier alpha value is -2.36. The minimum Gasteiger partial charge on any atom is -0.482 e. The molecule has 2 N–H and O–H groups in total. The fourth-order valence-electron chi connectivity index (χ4n) is 5.80. The fourth-order valence-corrected chi connectivity index (χ4v) is 7.55. The topological polar surface area (TPSA) is 109 Å². The van der Waals surface area contributed by atoms with E-state index in [9.17, 15) is 18.3 Å².